The van der Waals surface area contributed by atoms with E-state index in [1.807, 2.05) is 36.4 Å². The number of imidazole rings is 1. The fourth-order valence-corrected chi connectivity index (χ4v) is 3.90. The molecular formula is C27H25F3N2O. The van der Waals surface area contributed by atoms with Crippen molar-refractivity contribution in [1.29, 1.82) is 0 Å². The quantitative estimate of drug-likeness (QED) is 0.355. The Hall–Kier alpha value is -3.38. The Bertz CT molecular complexity index is 1270. The maximum absolute atomic E-state index is 13.7. The minimum Gasteiger partial charge on any atom is -0.384 e. The average Bonchev–Trinajstić information content (AvgIpc) is 3.25. The molecule has 0 atom stereocenters. The van der Waals surface area contributed by atoms with Crippen LogP contribution in [0, 0.1) is 0 Å². The second-order valence-corrected chi connectivity index (χ2v) is 8.48. The maximum atomic E-state index is 13.7. The summed E-state index contributed by atoms with van der Waals surface area (Å²) in [6.45, 7) is 5.22. The Labute approximate surface area is 191 Å². The molecule has 1 heterocycles. The Kier molecular flexibility index (Phi) is 5.89. The lowest BCUT2D eigenvalue weighted by Gasteiger charge is -2.14. The largest absolute Gasteiger partial charge is 0.417 e. The van der Waals surface area contributed by atoms with E-state index in [1.54, 1.807) is 30.7 Å². The zero-order valence-corrected chi connectivity index (χ0v) is 18.7. The molecule has 0 aliphatic heterocycles. The van der Waals surface area contributed by atoms with Gasteiger partial charge >= 0.3 is 6.18 Å². The molecule has 0 saturated heterocycles. The van der Waals surface area contributed by atoms with Crippen LogP contribution in [0.1, 0.15) is 37.6 Å². The summed E-state index contributed by atoms with van der Waals surface area (Å²) in [7, 11) is 0. The van der Waals surface area contributed by atoms with Gasteiger partial charge in [-0.1, -0.05) is 61.5 Å². The molecule has 0 aliphatic rings. The number of nitrogens with zero attached hydrogens (tertiary/aromatic N) is 2. The van der Waals surface area contributed by atoms with Gasteiger partial charge in [0.1, 0.15) is 11.4 Å². The molecule has 3 nitrogen and oxygen atoms in total. The number of halogens is 3. The highest BCUT2D eigenvalue weighted by Gasteiger charge is 2.35. The summed E-state index contributed by atoms with van der Waals surface area (Å²) in [5.74, 6) is 0.127. The number of rotatable bonds is 5. The predicted octanol–water partition coefficient (Wildman–Crippen LogP) is 7.01. The molecule has 0 spiro atoms. The summed E-state index contributed by atoms with van der Waals surface area (Å²) < 4.78 is 42.8. The molecule has 6 heteroatoms. The standard InChI is InChI=1S/C27H25F3N2O/c1-4-18-9-5-6-10-21(18)19-13-15-20(16-14-19)32-17-24(26(2,3)33)31-25(32)22-11-7-8-12-23(22)27(28,29)30/h5-17,33H,4H2,1-3H3. The van der Waals surface area contributed by atoms with Crippen LogP contribution >= 0.6 is 0 Å². The van der Waals surface area contributed by atoms with E-state index in [0.29, 0.717) is 5.69 Å². The van der Waals surface area contributed by atoms with Crippen molar-refractivity contribution in [1.82, 2.24) is 9.55 Å². The summed E-state index contributed by atoms with van der Waals surface area (Å²) in [6.07, 6.45) is -2.04. The first kappa shape index (κ1) is 22.8. The van der Waals surface area contributed by atoms with Crippen molar-refractivity contribution in [2.75, 3.05) is 0 Å². The summed E-state index contributed by atoms with van der Waals surface area (Å²) in [6, 6.07) is 21.1. The highest BCUT2D eigenvalue weighted by Crippen LogP contribution is 2.38. The van der Waals surface area contributed by atoms with E-state index in [2.05, 4.69) is 24.0 Å². The van der Waals surface area contributed by atoms with Gasteiger partial charge in [-0.3, -0.25) is 4.57 Å². The summed E-state index contributed by atoms with van der Waals surface area (Å²) >= 11 is 0. The van der Waals surface area contributed by atoms with E-state index in [0.717, 1.165) is 23.6 Å². The maximum Gasteiger partial charge on any atom is 0.417 e. The number of alkyl halides is 3. The zero-order chi connectivity index (χ0) is 23.8. The Morgan fingerprint density at radius 1 is 0.848 bits per heavy atom. The molecule has 0 bridgehead atoms. The molecule has 3 aromatic carbocycles. The van der Waals surface area contributed by atoms with Gasteiger partial charge in [0, 0.05) is 17.4 Å². The van der Waals surface area contributed by atoms with Gasteiger partial charge in [0.05, 0.1) is 11.3 Å². The second kappa shape index (κ2) is 8.52. The molecule has 0 unspecified atom stereocenters. The van der Waals surface area contributed by atoms with Crippen molar-refractivity contribution in [3.8, 4) is 28.2 Å². The third-order valence-electron chi connectivity index (χ3n) is 5.66. The molecule has 0 saturated carbocycles. The van der Waals surface area contributed by atoms with Crippen LogP contribution in [-0.4, -0.2) is 14.7 Å². The third kappa shape index (κ3) is 4.57. The predicted molar refractivity (Wildman–Crippen MR) is 124 cm³/mol. The number of hydrogen-bond donors (Lipinski definition) is 1. The van der Waals surface area contributed by atoms with Crippen molar-refractivity contribution in [2.45, 2.75) is 39.0 Å². The van der Waals surface area contributed by atoms with E-state index in [9.17, 15) is 18.3 Å². The lowest BCUT2D eigenvalue weighted by Crippen LogP contribution is -2.15. The smallest absolute Gasteiger partial charge is 0.384 e. The molecule has 33 heavy (non-hydrogen) atoms. The Morgan fingerprint density at radius 3 is 2.06 bits per heavy atom. The van der Waals surface area contributed by atoms with Crippen LogP contribution in [0.15, 0.2) is 79.0 Å². The van der Waals surface area contributed by atoms with E-state index >= 15 is 0 Å². The van der Waals surface area contributed by atoms with Crippen LogP contribution in [0.5, 0.6) is 0 Å². The van der Waals surface area contributed by atoms with Crippen molar-refractivity contribution in [2.24, 2.45) is 0 Å². The number of benzene rings is 3. The highest BCUT2D eigenvalue weighted by atomic mass is 19.4. The van der Waals surface area contributed by atoms with E-state index < -0.39 is 17.3 Å². The normalized spacial score (nSPS) is 12.2. The molecule has 0 fully saturated rings. The van der Waals surface area contributed by atoms with Gasteiger partial charge in [0.25, 0.3) is 0 Å². The highest BCUT2D eigenvalue weighted by molar-refractivity contribution is 5.70. The van der Waals surface area contributed by atoms with Crippen LogP contribution in [-0.2, 0) is 18.2 Å². The van der Waals surface area contributed by atoms with Crippen molar-refractivity contribution in [3.63, 3.8) is 0 Å². The average molecular weight is 451 g/mol. The molecule has 1 N–H and O–H groups in total. The number of aliphatic hydroxyl groups is 1. The fourth-order valence-electron chi connectivity index (χ4n) is 3.90. The van der Waals surface area contributed by atoms with E-state index in [4.69, 9.17) is 0 Å². The van der Waals surface area contributed by atoms with Crippen LogP contribution in [0.4, 0.5) is 13.2 Å². The topological polar surface area (TPSA) is 38.0 Å². The zero-order valence-electron chi connectivity index (χ0n) is 18.7. The Balaban J connectivity index is 1.86. The Morgan fingerprint density at radius 2 is 1.45 bits per heavy atom. The summed E-state index contributed by atoms with van der Waals surface area (Å²) in [5, 5.41) is 10.5. The van der Waals surface area contributed by atoms with Gasteiger partial charge in [-0.2, -0.15) is 13.2 Å². The summed E-state index contributed by atoms with van der Waals surface area (Å²) in [4.78, 5) is 4.42. The second-order valence-electron chi connectivity index (χ2n) is 8.48. The minimum atomic E-state index is -4.53. The van der Waals surface area contributed by atoms with Crippen LogP contribution in [0.25, 0.3) is 28.2 Å². The molecular weight excluding hydrogens is 425 g/mol. The number of aryl methyl sites for hydroxylation is 1. The van der Waals surface area contributed by atoms with Crippen molar-refractivity contribution < 1.29 is 18.3 Å². The first-order chi connectivity index (χ1) is 15.6. The monoisotopic (exact) mass is 450 g/mol. The van der Waals surface area contributed by atoms with Gasteiger partial charge in [-0.25, -0.2) is 4.98 Å². The van der Waals surface area contributed by atoms with Gasteiger partial charge in [-0.15, -0.1) is 0 Å². The first-order valence-corrected chi connectivity index (χ1v) is 10.8. The third-order valence-corrected chi connectivity index (χ3v) is 5.66. The van der Waals surface area contributed by atoms with Gasteiger partial charge in [0.15, 0.2) is 0 Å². The molecule has 0 amide bonds. The van der Waals surface area contributed by atoms with Gasteiger partial charge < -0.3 is 5.11 Å². The molecule has 4 rings (SSSR count). The lowest BCUT2D eigenvalue weighted by molar-refractivity contribution is -0.137. The number of hydrogen-bond acceptors (Lipinski definition) is 2. The molecule has 1 aromatic heterocycles. The van der Waals surface area contributed by atoms with Gasteiger partial charge in [-0.05, 0) is 55.2 Å². The van der Waals surface area contributed by atoms with Crippen LogP contribution in [0.2, 0.25) is 0 Å². The SMILES string of the molecule is CCc1ccccc1-c1ccc(-n2cc(C(C)(C)O)nc2-c2ccccc2C(F)(F)F)cc1. The fraction of sp³-hybridized carbons (Fsp3) is 0.222. The van der Waals surface area contributed by atoms with Crippen molar-refractivity contribution in [3.05, 3.63) is 95.8 Å². The minimum absolute atomic E-state index is 0.0408. The molecule has 0 radical (unpaired) electrons. The van der Waals surface area contributed by atoms with Gasteiger partial charge in [0.2, 0.25) is 0 Å². The number of aromatic nitrogens is 2. The molecule has 0 aliphatic carbocycles. The molecule has 170 valence electrons. The van der Waals surface area contributed by atoms with Crippen LogP contribution < -0.4 is 0 Å². The van der Waals surface area contributed by atoms with Crippen molar-refractivity contribution >= 4 is 0 Å². The molecule has 4 aromatic rings. The van der Waals surface area contributed by atoms with Crippen LogP contribution in [0.3, 0.4) is 0 Å². The van der Waals surface area contributed by atoms with E-state index in [1.165, 1.54) is 17.7 Å². The summed E-state index contributed by atoms with van der Waals surface area (Å²) in [5.41, 5.74) is 2.18. The lowest BCUT2D eigenvalue weighted by atomic mass is 9.98. The van der Waals surface area contributed by atoms with E-state index in [-0.39, 0.29) is 17.1 Å². The first-order valence-electron chi connectivity index (χ1n) is 10.8.